The van der Waals surface area contributed by atoms with Gasteiger partial charge in [0.1, 0.15) is 18.1 Å². The molecule has 7 nitrogen and oxygen atoms in total. The number of allylic oxidation sites excluding steroid dienone is 6. The van der Waals surface area contributed by atoms with Crippen molar-refractivity contribution in [3.63, 3.8) is 0 Å². The number of Topliss-reactive ketones (excluding diaryl/α,β-unsaturated/α-hetero) is 1. The Kier molecular flexibility index (Phi) is 4.86. The van der Waals surface area contributed by atoms with Gasteiger partial charge in [-0.3, -0.25) is 24.1 Å². The van der Waals surface area contributed by atoms with Crippen LogP contribution in [0.3, 0.4) is 0 Å². The van der Waals surface area contributed by atoms with E-state index in [0.29, 0.717) is 40.3 Å². The average molecular weight is 469 g/mol. The molecule has 3 aliphatic carbocycles. The molecule has 1 N–H and O–H groups in total. The lowest BCUT2D eigenvalue weighted by Gasteiger charge is -2.41. The average Bonchev–Trinajstić information content (AvgIpc) is 3.44. The summed E-state index contributed by atoms with van der Waals surface area (Å²) in [7, 11) is 0. The van der Waals surface area contributed by atoms with Gasteiger partial charge in [0.05, 0.1) is 23.4 Å². The van der Waals surface area contributed by atoms with Crippen molar-refractivity contribution in [2.45, 2.75) is 32.3 Å². The number of hydrogen-bond donors (Lipinski definition) is 1. The summed E-state index contributed by atoms with van der Waals surface area (Å²) in [6, 6.07) is 12.2. The number of hydrogen-bond acceptors (Lipinski definition) is 6. The maximum Gasteiger partial charge on any atom is 0.238 e. The van der Waals surface area contributed by atoms with Crippen molar-refractivity contribution in [2.24, 2.45) is 17.8 Å². The fraction of sp³-hybridized carbons (Fsp3) is 0.286. The van der Waals surface area contributed by atoms with Crippen LogP contribution in [0.15, 0.2) is 81.3 Å². The third-order valence-electron chi connectivity index (χ3n) is 7.70. The Morgan fingerprint density at radius 1 is 1.00 bits per heavy atom. The first kappa shape index (κ1) is 21.7. The fourth-order valence-corrected chi connectivity index (χ4v) is 6.18. The van der Waals surface area contributed by atoms with Gasteiger partial charge >= 0.3 is 0 Å². The zero-order valence-corrected chi connectivity index (χ0v) is 19.1. The molecule has 0 saturated carbocycles. The second-order valence-electron chi connectivity index (χ2n) is 9.54. The molecule has 0 radical (unpaired) electrons. The number of amides is 2. The standard InChI is InChI=1S/C28H23NO6/c1-14-11-21(31)24-20(26(14)32)12-19-17(25(24)22-10-7-16(13-30)35-22)8-9-18-23(19)28(34)29(27(18)33)15-5-3-2-4-6-15/h2-8,10-11,18-19,23,25,30H,9,12-13H2,1H3/t18-,19+,23-,25+/m0/s1. The van der Waals surface area contributed by atoms with Gasteiger partial charge in [-0.05, 0) is 56.0 Å². The zero-order chi connectivity index (χ0) is 24.4. The maximum absolute atomic E-state index is 13.7. The van der Waals surface area contributed by atoms with E-state index < -0.39 is 23.7 Å². The maximum atomic E-state index is 13.7. The second-order valence-corrected chi connectivity index (χ2v) is 9.54. The Hall–Kier alpha value is -3.84. The number of para-hydroxylation sites is 1. The van der Waals surface area contributed by atoms with Gasteiger partial charge in [0.15, 0.2) is 11.6 Å². The van der Waals surface area contributed by atoms with Gasteiger partial charge in [-0.1, -0.05) is 29.8 Å². The number of benzene rings is 1. The van der Waals surface area contributed by atoms with Gasteiger partial charge < -0.3 is 9.52 Å². The van der Waals surface area contributed by atoms with Gasteiger partial charge in [-0.15, -0.1) is 0 Å². The van der Waals surface area contributed by atoms with E-state index >= 15 is 0 Å². The molecule has 4 aliphatic rings. The van der Waals surface area contributed by atoms with E-state index in [1.54, 1.807) is 43.3 Å². The molecule has 1 aliphatic heterocycles. The van der Waals surface area contributed by atoms with E-state index in [1.165, 1.54) is 11.0 Å². The number of anilines is 1. The van der Waals surface area contributed by atoms with E-state index in [0.717, 1.165) is 5.57 Å². The number of fused-ring (bicyclic) bond motifs is 3. The molecule has 1 aromatic carbocycles. The van der Waals surface area contributed by atoms with Crippen LogP contribution >= 0.6 is 0 Å². The number of aliphatic hydroxyl groups excluding tert-OH is 1. The third kappa shape index (κ3) is 3.08. The van der Waals surface area contributed by atoms with E-state index in [-0.39, 0.29) is 36.4 Å². The lowest BCUT2D eigenvalue weighted by Crippen LogP contribution is -2.39. The molecule has 4 atom stereocenters. The molecule has 176 valence electrons. The predicted molar refractivity (Wildman–Crippen MR) is 125 cm³/mol. The summed E-state index contributed by atoms with van der Waals surface area (Å²) in [5.74, 6) is -2.36. The van der Waals surface area contributed by atoms with Crippen LogP contribution in [0.4, 0.5) is 5.69 Å². The molecule has 1 saturated heterocycles. The molecular weight excluding hydrogens is 446 g/mol. The topological polar surface area (TPSA) is 105 Å². The Labute approximate surface area is 201 Å². The van der Waals surface area contributed by atoms with Gasteiger partial charge in [0.2, 0.25) is 11.8 Å². The number of rotatable bonds is 3. The summed E-state index contributed by atoms with van der Waals surface area (Å²) in [4.78, 5) is 54.7. The molecule has 1 aromatic heterocycles. The minimum atomic E-state index is -0.639. The van der Waals surface area contributed by atoms with Crippen LogP contribution in [0.25, 0.3) is 0 Å². The zero-order valence-electron chi connectivity index (χ0n) is 19.1. The van der Waals surface area contributed by atoms with Gasteiger partial charge in [0.25, 0.3) is 0 Å². The Bertz CT molecular complexity index is 1390. The molecule has 0 spiro atoms. The molecule has 2 amide bonds. The second kappa shape index (κ2) is 7.85. The van der Waals surface area contributed by atoms with Crippen LogP contribution in [0.2, 0.25) is 0 Å². The largest absolute Gasteiger partial charge is 0.463 e. The van der Waals surface area contributed by atoms with Crippen molar-refractivity contribution in [3.05, 3.63) is 88.4 Å². The van der Waals surface area contributed by atoms with E-state index in [1.807, 2.05) is 12.1 Å². The highest BCUT2D eigenvalue weighted by Gasteiger charge is 2.57. The number of nitrogens with zero attached hydrogens (tertiary/aromatic N) is 1. The fourth-order valence-electron chi connectivity index (χ4n) is 6.18. The van der Waals surface area contributed by atoms with Gasteiger partial charge in [-0.25, -0.2) is 0 Å². The number of imide groups is 1. The van der Waals surface area contributed by atoms with Crippen LogP contribution in [0, 0.1) is 17.8 Å². The van der Waals surface area contributed by atoms with Crippen molar-refractivity contribution in [1.82, 2.24) is 0 Å². The highest BCUT2D eigenvalue weighted by Crippen LogP contribution is 2.55. The summed E-state index contributed by atoms with van der Waals surface area (Å²) in [5.41, 5.74) is 2.49. The monoisotopic (exact) mass is 469 g/mol. The minimum Gasteiger partial charge on any atom is -0.463 e. The van der Waals surface area contributed by atoms with Crippen molar-refractivity contribution < 1.29 is 28.7 Å². The predicted octanol–water partition coefficient (Wildman–Crippen LogP) is 3.41. The van der Waals surface area contributed by atoms with Crippen molar-refractivity contribution in [1.29, 1.82) is 0 Å². The third-order valence-corrected chi connectivity index (χ3v) is 7.70. The normalized spacial score (nSPS) is 28.0. The molecule has 2 heterocycles. The quantitative estimate of drug-likeness (QED) is 0.420. The Morgan fingerprint density at radius 2 is 1.77 bits per heavy atom. The number of ketones is 2. The molecule has 6 rings (SSSR count). The molecule has 1 fully saturated rings. The molecule has 35 heavy (non-hydrogen) atoms. The molecule has 0 bridgehead atoms. The first-order valence-corrected chi connectivity index (χ1v) is 11.7. The number of aliphatic hydroxyl groups is 1. The molecular formula is C28H23NO6. The van der Waals surface area contributed by atoms with Gasteiger partial charge in [-0.2, -0.15) is 0 Å². The SMILES string of the molecule is CC1=CC(=O)C2=C(C[C@@H]3C(=CC[C@@H]4C(=O)N(c5ccccc5)C(=O)[C@@H]43)[C@@H]2c2ccc(CO)o2)C1=O. The summed E-state index contributed by atoms with van der Waals surface area (Å²) >= 11 is 0. The smallest absolute Gasteiger partial charge is 0.238 e. The molecule has 2 aromatic rings. The Balaban J connectivity index is 1.48. The Morgan fingerprint density at radius 3 is 2.49 bits per heavy atom. The lowest BCUT2D eigenvalue weighted by molar-refractivity contribution is -0.123. The highest BCUT2D eigenvalue weighted by molar-refractivity contribution is 6.25. The van der Waals surface area contributed by atoms with Crippen LogP contribution in [-0.2, 0) is 25.8 Å². The first-order valence-electron chi connectivity index (χ1n) is 11.7. The van der Waals surface area contributed by atoms with Crippen molar-refractivity contribution >= 4 is 29.1 Å². The van der Waals surface area contributed by atoms with E-state index in [9.17, 15) is 24.3 Å². The van der Waals surface area contributed by atoms with Crippen molar-refractivity contribution in [3.8, 4) is 0 Å². The summed E-state index contributed by atoms with van der Waals surface area (Å²) < 4.78 is 5.86. The van der Waals surface area contributed by atoms with Crippen molar-refractivity contribution in [2.75, 3.05) is 4.90 Å². The van der Waals surface area contributed by atoms with Crippen LogP contribution < -0.4 is 4.90 Å². The minimum absolute atomic E-state index is 0.212. The summed E-state index contributed by atoms with van der Waals surface area (Å²) in [6.45, 7) is 1.32. The number of carbonyl (C=O) groups excluding carboxylic acids is 4. The lowest BCUT2D eigenvalue weighted by atomic mass is 9.60. The van der Waals surface area contributed by atoms with Crippen LogP contribution in [0.5, 0.6) is 0 Å². The molecule has 0 unspecified atom stereocenters. The van der Waals surface area contributed by atoms with E-state index in [2.05, 4.69) is 0 Å². The first-order chi connectivity index (χ1) is 16.9. The number of furan rings is 1. The number of carbonyl (C=O) groups is 4. The van der Waals surface area contributed by atoms with Crippen LogP contribution in [0.1, 0.15) is 37.2 Å². The van der Waals surface area contributed by atoms with Crippen LogP contribution in [-0.4, -0.2) is 28.5 Å². The highest BCUT2D eigenvalue weighted by atomic mass is 16.4. The van der Waals surface area contributed by atoms with Gasteiger partial charge in [0, 0.05) is 16.7 Å². The summed E-state index contributed by atoms with van der Waals surface area (Å²) in [5, 5.41) is 9.53. The summed E-state index contributed by atoms with van der Waals surface area (Å²) in [6.07, 6.45) is 3.90. The van der Waals surface area contributed by atoms with E-state index in [4.69, 9.17) is 4.42 Å². The molecule has 7 heteroatoms.